The fourth-order valence-corrected chi connectivity index (χ4v) is 5.06. The fraction of sp³-hybridized carbons (Fsp3) is 1.00. The van der Waals surface area contributed by atoms with Crippen molar-refractivity contribution in [3.05, 3.63) is 0 Å². The first-order valence-electron chi connectivity index (χ1n) is 6.54. The van der Waals surface area contributed by atoms with E-state index in [4.69, 9.17) is 5.73 Å². The van der Waals surface area contributed by atoms with Crippen LogP contribution in [0.3, 0.4) is 0 Å². The van der Waals surface area contributed by atoms with E-state index >= 15 is 0 Å². The van der Waals surface area contributed by atoms with E-state index in [2.05, 4.69) is 6.92 Å². The van der Waals surface area contributed by atoms with Crippen molar-refractivity contribution in [3.8, 4) is 0 Å². The molecule has 4 aliphatic carbocycles. The van der Waals surface area contributed by atoms with Crippen LogP contribution in [0.1, 0.15) is 45.4 Å². The Balaban J connectivity index is 1.94. The summed E-state index contributed by atoms with van der Waals surface area (Å²) in [5.74, 6) is 1.98. The average molecular weight is 209 g/mol. The summed E-state index contributed by atoms with van der Waals surface area (Å²) in [5, 5.41) is 10.8. The van der Waals surface area contributed by atoms with Gasteiger partial charge in [0.25, 0.3) is 0 Å². The third-order valence-corrected chi connectivity index (χ3v) is 5.73. The minimum absolute atomic E-state index is 0.338. The van der Waals surface area contributed by atoms with Gasteiger partial charge in [-0.15, -0.1) is 0 Å². The molecule has 0 aliphatic heterocycles. The summed E-state index contributed by atoms with van der Waals surface area (Å²) in [6.07, 6.45) is 7.21. The van der Waals surface area contributed by atoms with Crippen LogP contribution >= 0.6 is 0 Å². The lowest BCUT2D eigenvalue weighted by molar-refractivity contribution is -0.199. The van der Waals surface area contributed by atoms with Crippen LogP contribution in [0.25, 0.3) is 0 Å². The van der Waals surface area contributed by atoms with Gasteiger partial charge >= 0.3 is 0 Å². The van der Waals surface area contributed by atoms with Gasteiger partial charge in [0, 0.05) is 0 Å². The summed E-state index contributed by atoms with van der Waals surface area (Å²) >= 11 is 0. The Morgan fingerprint density at radius 2 is 1.80 bits per heavy atom. The van der Waals surface area contributed by atoms with Gasteiger partial charge in [-0.25, -0.2) is 0 Å². The van der Waals surface area contributed by atoms with Gasteiger partial charge in [0.1, 0.15) is 0 Å². The van der Waals surface area contributed by atoms with Crippen LogP contribution in [-0.4, -0.2) is 17.3 Å². The molecule has 0 aromatic carbocycles. The van der Waals surface area contributed by atoms with E-state index in [0.717, 1.165) is 18.9 Å². The summed E-state index contributed by atoms with van der Waals surface area (Å²) in [5.41, 5.74) is 6.05. The average Bonchev–Trinajstić information content (AvgIpc) is 2.25. The number of hydrogen-bond acceptors (Lipinski definition) is 2. The molecule has 4 bridgehead atoms. The highest BCUT2D eigenvalue weighted by atomic mass is 16.3. The minimum Gasteiger partial charge on any atom is -0.389 e. The van der Waals surface area contributed by atoms with Gasteiger partial charge in [-0.2, -0.15) is 0 Å². The lowest BCUT2D eigenvalue weighted by Gasteiger charge is -2.63. The van der Waals surface area contributed by atoms with Crippen molar-refractivity contribution >= 4 is 0 Å². The Kier molecular flexibility index (Phi) is 2.01. The zero-order chi connectivity index (χ0) is 10.7. The van der Waals surface area contributed by atoms with E-state index in [1.54, 1.807) is 0 Å². The standard InChI is InChI=1S/C13H23NO/c1-2-13(15)10-3-9-4-11(13)7-12(5-9,6-10)8-14/h9-11,15H,2-8,14H2,1H3. The molecule has 4 saturated carbocycles. The first kappa shape index (κ1) is 10.1. The van der Waals surface area contributed by atoms with Gasteiger partial charge in [0.2, 0.25) is 0 Å². The number of rotatable bonds is 2. The Morgan fingerprint density at radius 3 is 2.27 bits per heavy atom. The highest BCUT2D eigenvalue weighted by molar-refractivity contribution is 5.11. The lowest BCUT2D eigenvalue weighted by atomic mass is 9.44. The Bertz CT molecular complexity index is 260. The molecule has 86 valence electrons. The highest BCUT2D eigenvalue weighted by Gasteiger charge is 2.60. The predicted octanol–water partition coefficient (Wildman–Crippen LogP) is 1.91. The van der Waals surface area contributed by atoms with E-state index in [0.29, 0.717) is 17.3 Å². The maximum absolute atomic E-state index is 10.8. The van der Waals surface area contributed by atoms with Gasteiger partial charge in [-0.3, -0.25) is 0 Å². The predicted molar refractivity (Wildman–Crippen MR) is 60.3 cm³/mol. The van der Waals surface area contributed by atoms with Crippen LogP contribution in [0, 0.1) is 23.2 Å². The quantitative estimate of drug-likeness (QED) is 0.730. The van der Waals surface area contributed by atoms with Gasteiger partial charge in [-0.05, 0) is 68.2 Å². The molecular formula is C13H23NO. The fourth-order valence-electron chi connectivity index (χ4n) is 5.06. The molecule has 15 heavy (non-hydrogen) atoms. The molecule has 2 heteroatoms. The van der Waals surface area contributed by atoms with E-state index in [-0.39, 0.29) is 5.60 Å². The molecular weight excluding hydrogens is 186 g/mol. The second-order valence-electron chi connectivity index (χ2n) is 6.39. The zero-order valence-electron chi connectivity index (χ0n) is 9.71. The summed E-state index contributed by atoms with van der Waals surface area (Å²) in [6.45, 7) is 2.99. The van der Waals surface area contributed by atoms with Crippen LogP contribution in [0.5, 0.6) is 0 Å². The van der Waals surface area contributed by atoms with Crippen molar-refractivity contribution in [1.29, 1.82) is 0 Å². The van der Waals surface area contributed by atoms with Crippen molar-refractivity contribution in [1.82, 2.24) is 0 Å². The Labute approximate surface area is 92.2 Å². The lowest BCUT2D eigenvalue weighted by Crippen LogP contribution is -2.62. The monoisotopic (exact) mass is 209 g/mol. The molecule has 0 aromatic heterocycles. The molecule has 2 unspecified atom stereocenters. The van der Waals surface area contributed by atoms with Gasteiger partial charge in [-0.1, -0.05) is 6.92 Å². The normalized spacial score (nSPS) is 57.4. The Hall–Kier alpha value is -0.0800. The van der Waals surface area contributed by atoms with Crippen LogP contribution in [-0.2, 0) is 0 Å². The summed E-state index contributed by atoms with van der Waals surface area (Å²) in [4.78, 5) is 0. The second-order valence-corrected chi connectivity index (χ2v) is 6.39. The van der Waals surface area contributed by atoms with Crippen molar-refractivity contribution < 1.29 is 5.11 Å². The van der Waals surface area contributed by atoms with E-state index in [1.807, 2.05) is 0 Å². The van der Waals surface area contributed by atoms with Crippen molar-refractivity contribution in [3.63, 3.8) is 0 Å². The SMILES string of the molecule is CCC1(O)C2CC3CC1CC(CN)(C3)C2. The third kappa shape index (κ3) is 1.18. The molecule has 3 N–H and O–H groups in total. The van der Waals surface area contributed by atoms with Gasteiger partial charge in [0.05, 0.1) is 5.60 Å². The van der Waals surface area contributed by atoms with Crippen LogP contribution in [0.15, 0.2) is 0 Å². The number of nitrogens with two attached hydrogens (primary N) is 1. The molecule has 4 rings (SSSR count). The van der Waals surface area contributed by atoms with Crippen LogP contribution < -0.4 is 5.73 Å². The molecule has 2 nitrogen and oxygen atoms in total. The molecule has 0 amide bonds. The maximum atomic E-state index is 10.8. The molecule has 4 aliphatic rings. The smallest absolute Gasteiger partial charge is 0.0701 e. The summed E-state index contributed by atoms with van der Waals surface area (Å²) in [6, 6.07) is 0. The molecule has 2 atom stereocenters. The highest BCUT2D eigenvalue weighted by Crippen LogP contribution is 2.63. The van der Waals surface area contributed by atoms with E-state index in [1.165, 1.54) is 32.1 Å². The molecule has 0 radical (unpaired) electrons. The maximum Gasteiger partial charge on any atom is 0.0701 e. The van der Waals surface area contributed by atoms with Gasteiger partial charge < -0.3 is 10.8 Å². The summed E-state index contributed by atoms with van der Waals surface area (Å²) in [7, 11) is 0. The molecule has 0 heterocycles. The van der Waals surface area contributed by atoms with Crippen LogP contribution in [0.2, 0.25) is 0 Å². The van der Waals surface area contributed by atoms with Crippen molar-refractivity contribution in [2.24, 2.45) is 28.9 Å². The van der Waals surface area contributed by atoms with E-state index < -0.39 is 0 Å². The van der Waals surface area contributed by atoms with Crippen LogP contribution in [0.4, 0.5) is 0 Å². The molecule has 0 spiro atoms. The molecule has 0 aromatic rings. The number of aliphatic hydroxyl groups is 1. The third-order valence-electron chi connectivity index (χ3n) is 5.73. The topological polar surface area (TPSA) is 46.2 Å². The zero-order valence-corrected chi connectivity index (χ0v) is 9.71. The van der Waals surface area contributed by atoms with E-state index in [9.17, 15) is 5.11 Å². The second kappa shape index (κ2) is 2.98. The van der Waals surface area contributed by atoms with Gasteiger partial charge in [0.15, 0.2) is 0 Å². The van der Waals surface area contributed by atoms with Crippen molar-refractivity contribution in [2.75, 3.05) is 6.54 Å². The summed E-state index contributed by atoms with van der Waals surface area (Å²) < 4.78 is 0. The minimum atomic E-state index is -0.338. The van der Waals surface area contributed by atoms with Crippen molar-refractivity contribution in [2.45, 2.75) is 51.0 Å². The molecule has 4 fully saturated rings. The molecule has 0 saturated heterocycles. The number of hydrogen-bond donors (Lipinski definition) is 2. The Morgan fingerprint density at radius 1 is 1.20 bits per heavy atom. The first-order valence-corrected chi connectivity index (χ1v) is 6.54. The largest absolute Gasteiger partial charge is 0.389 e. The first-order chi connectivity index (χ1) is 7.12.